The third-order valence-corrected chi connectivity index (χ3v) is 4.08. The van der Waals surface area contributed by atoms with E-state index in [0.717, 1.165) is 29.9 Å². The average molecular weight is 357 g/mol. The van der Waals surface area contributed by atoms with E-state index in [9.17, 15) is 4.79 Å². The smallest absolute Gasteiger partial charge is 0.356 e. The summed E-state index contributed by atoms with van der Waals surface area (Å²) >= 11 is 0. The first-order chi connectivity index (χ1) is 12.6. The van der Waals surface area contributed by atoms with E-state index in [1.54, 1.807) is 24.6 Å². The number of allylic oxidation sites excluding steroid dienone is 1. The van der Waals surface area contributed by atoms with Gasteiger partial charge in [0.25, 0.3) is 0 Å². The molecule has 1 aliphatic carbocycles. The first-order valence-electron chi connectivity index (χ1n) is 8.51. The summed E-state index contributed by atoms with van der Waals surface area (Å²) in [5, 5.41) is 10.6. The summed E-state index contributed by atoms with van der Waals surface area (Å²) in [6.45, 7) is 1.96. The van der Waals surface area contributed by atoms with Gasteiger partial charge in [-0.1, -0.05) is 0 Å². The van der Waals surface area contributed by atoms with Crippen molar-refractivity contribution in [2.75, 3.05) is 31.3 Å². The predicted molar refractivity (Wildman–Crippen MR) is 100 cm³/mol. The molecule has 0 bridgehead atoms. The zero-order valence-electron chi connectivity index (χ0n) is 15.1. The molecule has 0 spiro atoms. The van der Waals surface area contributed by atoms with Gasteiger partial charge in [0.1, 0.15) is 17.3 Å². The molecule has 9 nitrogen and oxygen atoms in total. The molecule has 1 saturated carbocycles. The van der Waals surface area contributed by atoms with E-state index in [1.165, 1.54) is 6.21 Å². The van der Waals surface area contributed by atoms with Crippen LogP contribution in [0.15, 0.2) is 28.6 Å². The molecular formula is C17H23N7O2. The van der Waals surface area contributed by atoms with Crippen LogP contribution >= 0.6 is 0 Å². The number of aromatic nitrogens is 3. The molecule has 0 amide bonds. The molecule has 4 N–H and O–H groups in total. The maximum absolute atomic E-state index is 11.9. The Labute approximate surface area is 151 Å². The van der Waals surface area contributed by atoms with Crippen LogP contribution in [0.25, 0.3) is 5.65 Å². The van der Waals surface area contributed by atoms with Crippen molar-refractivity contribution in [3.63, 3.8) is 0 Å². The van der Waals surface area contributed by atoms with Gasteiger partial charge in [0, 0.05) is 31.9 Å². The Kier molecular flexibility index (Phi) is 5.06. The highest BCUT2D eigenvalue weighted by Gasteiger charge is 2.28. The zero-order chi connectivity index (χ0) is 18.7. The lowest BCUT2D eigenvalue weighted by atomic mass is 10.2. The molecule has 26 heavy (non-hydrogen) atoms. The number of carbonyl (C=O) groups is 1. The van der Waals surface area contributed by atoms with E-state index in [2.05, 4.69) is 25.7 Å². The standard InChI is InChI=1S/C17H23N7O2/c1-4-26-17(25)15(18)12(9-19-2)22-13-7-14(20-3)24-16(23-13)11(8-21-24)10-5-6-10/h7-10,20H,4-6,18H2,1-3H3,(H,22,23)/b15-12+,19-9?. The lowest BCUT2D eigenvalue weighted by molar-refractivity contribution is -0.138. The summed E-state index contributed by atoms with van der Waals surface area (Å²) in [5.74, 6) is 1.21. The number of hydrogen-bond acceptors (Lipinski definition) is 8. The zero-order valence-corrected chi connectivity index (χ0v) is 15.1. The number of aliphatic imine (C=N–C) groups is 1. The third kappa shape index (κ3) is 3.46. The Bertz CT molecular complexity index is 881. The summed E-state index contributed by atoms with van der Waals surface area (Å²) in [6, 6.07) is 1.79. The molecule has 9 heteroatoms. The molecule has 2 heterocycles. The summed E-state index contributed by atoms with van der Waals surface area (Å²) in [6.07, 6.45) is 5.63. The maximum Gasteiger partial charge on any atom is 0.356 e. The van der Waals surface area contributed by atoms with Crippen molar-refractivity contribution in [1.82, 2.24) is 14.6 Å². The summed E-state index contributed by atoms with van der Waals surface area (Å²) in [7, 11) is 3.41. The molecule has 0 aromatic carbocycles. The Hall–Kier alpha value is -3.10. The van der Waals surface area contributed by atoms with E-state index < -0.39 is 5.97 Å². The molecule has 1 aliphatic rings. The Morgan fingerprint density at radius 3 is 2.92 bits per heavy atom. The molecule has 138 valence electrons. The van der Waals surface area contributed by atoms with Gasteiger partial charge in [0.2, 0.25) is 0 Å². The van der Waals surface area contributed by atoms with Crippen molar-refractivity contribution in [1.29, 1.82) is 0 Å². The normalized spacial score (nSPS) is 15.2. The van der Waals surface area contributed by atoms with E-state index >= 15 is 0 Å². The molecule has 0 radical (unpaired) electrons. The maximum atomic E-state index is 11.9. The summed E-state index contributed by atoms with van der Waals surface area (Å²) < 4.78 is 6.73. The fraction of sp³-hybridized carbons (Fsp3) is 0.412. The van der Waals surface area contributed by atoms with Crippen LogP contribution < -0.4 is 16.4 Å². The second kappa shape index (κ2) is 7.42. The number of carbonyl (C=O) groups excluding carboxylic acids is 1. The van der Waals surface area contributed by atoms with Gasteiger partial charge in [-0.25, -0.2) is 9.78 Å². The van der Waals surface area contributed by atoms with Crippen molar-refractivity contribution in [2.45, 2.75) is 25.7 Å². The minimum Gasteiger partial charge on any atom is -0.461 e. The average Bonchev–Trinajstić information content (AvgIpc) is 3.39. The van der Waals surface area contributed by atoms with Gasteiger partial charge in [-0.2, -0.15) is 9.61 Å². The molecule has 1 fully saturated rings. The molecule has 0 unspecified atom stereocenters. The van der Waals surface area contributed by atoms with Gasteiger partial charge in [0.15, 0.2) is 5.65 Å². The van der Waals surface area contributed by atoms with Crippen LogP contribution in [0.2, 0.25) is 0 Å². The molecule has 0 atom stereocenters. The number of nitrogens with two attached hydrogens (primary N) is 1. The highest BCUT2D eigenvalue weighted by molar-refractivity contribution is 5.97. The number of hydrogen-bond donors (Lipinski definition) is 3. The largest absolute Gasteiger partial charge is 0.461 e. The van der Waals surface area contributed by atoms with Crippen LogP contribution in [0.1, 0.15) is 31.2 Å². The van der Waals surface area contributed by atoms with E-state index in [0.29, 0.717) is 17.4 Å². The lowest BCUT2D eigenvalue weighted by Crippen LogP contribution is -2.21. The van der Waals surface area contributed by atoms with Crippen LogP contribution in [0, 0.1) is 0 Å². The van der Waals surface area contributed by atoms with Crippen LogP contribution in [-0.4, -0.2) is 47.5 Å². The fourth-order valence-corrected chi connectivity index (χ4v) is 2.66. The van der Waals surface area contributed by atoms with Crippen LogP contribution in [-0.2, 0) is 9.53 Å². The van der Waals surface area contributed by atoms with Crippen molar-refractivity contribution in [2.24, 2.45) is 10.7 Å². The number of fused-ring (bicyclic) bond motifs is 1. The van der Waals surface area contributed by atoms with Gasteiger partial charge in [-0.05, 0) is 25.7 Å². The minimum absolute atomic E-state index is 0.0546. The molecule has 3 rings (SSSR count). The van der Waals surface area contributed by atoms with Crippen LogP contribution in [0.5, 0.6) is 0 Å². The van der Waals surface area contributed by atoms with Gasteiger partial charge >= 0.3 is 5.97 Å². The highest BCUT2D eigenvalue weighted by Crippen LogP contribution is 2.42. The van der Waals surface area contributed by atoms with Crippen molar-refractivity contribution >= 4 is 29.5 Å². The first-order valence-corrected chi connectivity index (χ1v) is 8.51. The monoisotopic (exact) mass is 357 g/mol. The van der Waals surface area contributed by atoms with Crippen molar-refractivity contribution in [3.05, 3.63) is 29.2 Å². The Morgan fingerprint density at radius 2 is 2.31 bits per heavy atom. The Morgan fingerprint density at radius 1 is 1.54 bits per heavy atom. The van der Waals surface area contributed by atoms with Gasteiger partial charge < -0.3 is 21.1 Å². The topological polar surface area (TPSA) is 119 Å². The van der Waals surface area contributed by atoms with Crippen molar-refractivity contribution < 1.29 is 9.53 Å². The third-order valence-electron chi connectivity index (χ3n) is 4.08. The second-order valence-corrected chi connectivity index (χ2v) is 5.95. The first kappa shape index (κ1) is 17.7. The van der Waals surface area contributed by atoms with Gasteiger partial charge in [0.05, 0.1) is 18.5 Å². The molecule has 0 saturated heterocycles. The number of esters is 1. The number of ether oxygens (including phenoxy) is 1. The van der Waals surface area contributed by atoms with Crippen LogP contribution in [0.4, 0.5) is 11.6 Å². The summed E-state index contributed by atoms with van der Waals surface area (Å²) in [5.41, 5.74) is 8.10. The van der Waals surface area contributed by atoms with Crippen LogP contribution in [0.3, 0.4) is 0 Å². The molecule has 2 aromatic heterocycles. The molecule has 2 aromatic rings. The van der Waals surface area contributed by atoms with Gasteiger partial charge in [-0.3, -0.25) is 4.99 Å². The quantitative estimate of drug-likeness (QED) is 0.390. The molecular weight excluding hydrogens is 334 g/mol. The van der Waals surface area contributed by atoms with Gasteiger partial charge in [-0.15, -0.1) is 0 Å². The highest BCUT2D eigenvalue weighted by atomic mass is 16.5. The number of rotatable bonds is 7. The second-order valence-electron chi connectivity index (χ2n) is 5.95. The number of nitrogens with one attached hydrogen (secondary N) is 2. The number of anilines is 2. The van der Waals surface area contributed by atoms with E-state index in [-0.39, 0.29) is 12.3 Å². The number of nitrogens with zero attached hydrogens (tertiary/aromatic N) is 4. The van der Waals surface area contributed by atoms with E-state index in [4.69, 9.17) is 10.5 Å². The summed E-state index contributed by atoms with van der Waals surface area (Å²) in [4.78, 5) is 20.6. The van der Waals surface area contributed by atoms with E-state index in [1.807, 2.05) is 13.2 Å². The SMILES string of the molecule is CCOC(=O)/C(N)=C(/C=NC)Nc1cc(NC)n2ncc(C3CC3)c2n1. The molecule has 0 aliphatic heterocycles. The van der Waals surface area contributed by atoms with Crippen molar-refractivity contribution in [3.8, 4) is 0 Å². The minimum atomic E-state index is -0.604. The Balaban J connectivity index is 2.01. The lowest BCUT2D eigenvalue weighted by Gasteiger charge is -2.12. The predicted octanol–water partition coefficient (Wildman–Crippen LogP) is 1.49. The fourth-order valence-electron chi connectivity index (χ4n) is 2.66.